The van der Waals surface area contributed by atoms with Crippen LogP contribution < -0.4 is 5.32 Å². The maximum absolute atomic E-state index is 13.0. The van der Waals surface area contributed by atoms with Gasteiger partial charge in [-0.15, -0.1) is 4.99 Å². The molecule has 0 atom stereocenters. The van der Waals surface area contributed by atoms with Gasteiger partial charge in [0.05, 0.1) is 5.60 Å². The number of aliphatic hydroxyl groups is 1. The van der Waals surface area contributed by atoms with Gasteiger partial charge >= 0.3 is 0 Å². The molecule has 0 aromatic heterocycles. The molecule has 3 aliphatic rings. The van der Waals surface area contributed by atoms with Gasteiger partial charge < -0.3 is 15.3 Å². The smallest absolute Gasteiger partial charge is 0.293 e. The lowest BCUT2D eigenvalue weighted by Gasteiger charge is -2.57. The molecule has 0 unspecified atom stereocenters. The fraction of sp³-hybridized carbons (Fsp3) is 0.567. The summed E-state index contributed by atoms with van der Waals surface area (Å²) in [6, 6.07) is 5.98. The highest BCUT2D eigenvalue weighted by molar-refractivity contribution is 6.44. The van der Waals surface area contributed by atoms with Gasteiger partial charge in [-0.25, -0.2) is 0 Å². The van der Waals surface area contributed by atoms with E-state index in [4.69, 9.17) is 6.57 Å². The Bertz CT molecular complexity index is 1190. The maximum atomic E-state index is 13.0. The molecule has 1 fully saturated rings. The van der Waals surface area contributed by atoms with E-state index in [2.05, 4.69) is 80.8 Å². The summed E-state index contributed by atoms with van der Waals surface area (Å²) in [5.41, 5.74) is 3.07. The highest BCUT2D eigenvalue weighted by Crippen LogP contribution is 2.49. The number of anilines is 1. The molecule has 6 heteroatoms. The predicted octanol–water partition coefficient (Wildman–Crippen LogP) is 6.29. The molecule has 1 aromatic carbocycles. The lowest BCUT2D eigenvalue weighted by atomic mass is 9.68. The summed E-state index contributed by atoms with van der Waals surface area (Å²) in [6.07, 6.45) is 8.54. The number of likely N-dealkylation sites (tertiary alicyclic amines) is 1. The Hall–Kier alpha value is -2.75. The molecule has 4 rings (SSSR count). The van der Waals surface area contributed by atoms with Crippen LogP contribution in [0.15, 0.2) is 41.2 Å². The van der Waals surface area contributed by atoms with Crippen molar-refractivity contribution in [2.75, 3.05) is 12.4 Å². The van der Waals surface area contributed by atoms with Crippen LogP contribution in [0.5, 0.6) is 0 Å². The molecule has 6 nitrogen and oxygen atoms in total. The zero-order valence-electron chi connectivity index (χ0n) is 22.8. The number of nitrogens with zero attached hydrogens (tertiary/aromatic N) is 3. The predicted molar refractivity (Wildman–Crippen MR) is 146 cm³/mol. The Morgan fingerprint density at radius 3 is 2.33 bits per heavy atom. The van der Waals surface area contributed by atoms with Gasteiger partial charge in [-0.2, -0.15) is 0 Å². The number of hydrogen-bond acceptors (Lipinski definition) is 4. The van der Waals surface area contributed by atoms with Crippen molar-refractivity contribution in [3.05, 3.63) is 58.7 Å². The highest BCUT2D eigenvalue weighted by Gasteiger charge is 2.50. The number of carbonyl (C=O) groups excluding carboxylic acids is 1. The zero-order valence-corrected chi connectivity index (χ0v) is 22.8. The minimum atomic E-state index is -0.977. The monoisotopic (exact) mass is 488 g/mol. The summed E-state index contributed by atoms with van der Waals surface area (Å²) in [7, 11) is 2.14. The van der Waals surface area contributed by atoms with Gasteiger partial charge in [0.15, 0.2) is 5.71 Å². The van der Waals surface area contributed by atoms with Gasteiger partial charge in [-0.05, 0) is 95.5 Å². The summed E-state index contributed by atoms with van der Waals surface area (Å²) in [5.74, 6) is -0.0152. The average Bonchev–Trinajstić information content (AvgIpc) is 3.27. The quantitative estimate of drug-likeness (QED) is 0.489. The fourth-order valence-electron chi connectivity index (χ4n) is 6.11. The second kappa shape index (κ2) is 8.97. The van der Waals surface area contributed by atoms with Crippen LogP contribution in [0.1, 0.15) is 91.2 Å². The first kappa shape index (κ1) is 26.3. The van der Waals surface area contributed by atoms with Gasteiger partial charge in [0.25, 0.3) is 11.7 Å². The van der Waals surface area contributed by atoms with Crippen LogP contribution >= 0.6 is 0 Å². The van der Waals surface area contributed by atoms with Crippen LogP contribution in [0.3, 0.4) is 0 Å². The number of aliphatic imine (C=N–C) groups is 1. The van der Waals surface area contributed by atoms with E-state index in [1.807, 2.05) is 12.1 Å². The number of carbonyl (C=O) groups is 1. The molecule has 1 saturated heterocycles. The Labute approximate surface area is 216 Å². The number of rotatable bonds is 4. The van der Waals surface area contributed by atoms with E-state index in [0.717, 1.165) is 36.1 Å². The average molecular weight is 489 g/mol. The SMILES string of the molecule is [C-]#[N+]C1=CCC(C(=O)Nc2ccc(C3(O)CC(C)(C)N(C)C(C)(C)C3)cc2C2=CCC(C)(C)CC2)=N1. The van der Waals surface area contributed by atoms with Crippen molar-refractivity contribution >= 4 is 22.9 Å². The number of benzene rings is 1. The van der Waals surface area contributed by atoms with Gasteiger partial charge in [-0.1, -0.05) is 38.6 Å². The van der Waals surface area contributed by atoms with Crippen molar-refractivity contribution in [3.8, 4) is 0 Å². The maximum Gasteiger partial charge on any atom is 0.293 e. The second-order valence-electron chi connectivity index (χ2n) is 12.8. The lowest BCUT2D eigenvalue weighted by molar-refractivity contribution is -0.128. The molecular formula is C30H40N4O2. The van der Waals surface area contributed by atoms with Crippen LogP contribution in [0.4, 0.5) is 5.69 Å². The number of hydrogen-bond donors (Lipinski definition) is 2. The van der Waals surface area contributed by atoms with Crippen LogP contribution in [-0.2, 0) is 10.4 Å². The molecule has 1 amide bonds. The highest BCUT2D eigenvalue weighted by atomic mass is 16.3. The summed E-state index contributed by atoms with van der Waals surface area (Å²) in [5, 5.41) is 15.1. The molecule has 0 radical (unpaired) electrons. The third-order valence-electron chi connectivity index (χ3n) is 8.49. The van der Waals surface area contributed by atoms with E-state index in [-0.39, 0.29) is 28.2 Å². The number of nitrogens with one attached hydrogen (secondary N) is 1. The largest absolute Gasteiger partial charge is 0.385 e. The number of piperidine rings is 1. The first-order valence-electron chi connectivity index (χ1n) is 12.9. The summed E-state index contributed by atoms with van der Waals surface area (Å²) < 4.78 is 0. The van der Waals surface area contributed by atoms with Crippen molar-refractivity contribution < 1.29 is 9.90 Å². The third kappa shape index (κ3) is 5.05. The van der Waals surface area contributed by atoms with Crippen LogP contribution in [0, 0.1) is 12.0 Å². The second-order valence-corrected chi connectivity index (χ2v) is 12.8. The molecule has 0 saturated carbocycles. The van der Waals surface area contributed by atoms with Crippen molar-refractivity contribution in [3.63, 3.8) is 0 Å². The summed E-state index contributed by atoms with van der Waals surface area (Å²) >= 11 is 0. The Balaban J connectivity index is 1.73. The minimum absolute atomic E-state index is 0.175. The van der Waals surface area contributed by atoms with E-state index in [0.29, 0.717) is 25.0 Å². The molecular weight excluding hydrogens is 448 g/mol. The molecule has 1 aliphatic carbocycles. The van der Waals surface area contributed by atoms with E-state index in [1.54, 1.807) is 6.08 Å². The van der Waals surface area contributed by atoms with Crippen molar-refractivity contribution in [1.29, 1.82) is 0 Å². The molecule has 192 valence electrons. The van der Waals surface area contributed by atoms with Gasteiger partial charge in [0.2, 0.25) is 0 Å². The number of amides is 1. The Kier molecular flexibility index (Phi) is 6.56. The van der Waals surface area contributed by atoms with Gasteiger partial charge in [-0.3, -0.25) is 9.69 Å². The molecule has 2 N–H and O–H groups in total. The van der Waals surface area contributed by atoms with Crippen molar-refractivity contribution in [1.82, 2.24) is 4.90 Å². The fourth-order valence-corrected chi connectivity index (χ4v) is 6.11. The normalized spacial score (nSPS) is 24.2. The van der Waals surface area contributed by atoms with Crippen LogP contribution in [-0.4, -0.2) is 39.8 Å². The van der Waals surface area contributed by atoms with E-state index in [1.165, 1.54) is 5.57 Å². The van der Waals surface area contributed by atoms with Gasteiger partial charge in [0, 0.05) is 28.7 Å². The van der Waals surface area contributed by atoms with Gasteiger partial charge in [0.1, 0.15) is 0 Å². The molecule has 2 heterocycles. The Morgan fingerprint density at radius 1 is 1.11 bits per heavy atom. The molecule has 36 heavy (non-hydrogen) atoms. The molecule has 1 aromatic rings. The summed E-state index contributed by atoms with van der Waals surface area (Å²) in [4.78, 5) is 22.9. The molecule has 0 bridgehead atoms. The lowest BCUT2D eigenvalue weighted by Crippen LogP contribution is -2.62. The van der Waals surface area contributed by atoms with E-state index >= 15 is 0 Å². The molecule has 2 aliphatic heterocycles. The first-order valence-corrected chi connectivity index (χ1v) is 12.9. The third-order valence-corrected chi connectivity index (χ3v) is 8.49. The van der Waals surface area contributed by atoms with Crippen LogP contribution in [0.2, 0.25) is 0 Å². The van der Waals surface area contributed by atoms with Crippen molar-refractivity contribution in [2.45, 2.75) is 96.7 Å². The molecule has 0 spiro atoms. The first-order chi connectivity index (χ1) is 16.7. The topological polar surface area (TPSA) is 69.3 Å². The number of allylic oxidation sites excluding steroid dienone is 3. The minimum Gasteiger partial charge on any atom is -0.385 e. The Morgan fingerprint density at radius 2 is 1.78 bits per heavy atom. The van der Waals surface area contributed by atoms with Crippen molar-refractivity contribution in [2.24, 2.45) is 10.4 Å². The van der Waals surface area contributed by atoms with E-state index < -0.39 is 5.60 Å². The zero-order chi connectivity index (χ0) is 26.5. The van der Waals surface area contributed by atoms with E-state index in [9.17, 15) is 9.90 Å². The standard InChI is InChI=1S/C30H40N4O2/c1-27(2)15-13-20(14-16-27)22-17-21(30(36)18-28(3,4)34(8)29(5,6)19-30)9-10-23(22)33-26(35)24-11-12-25(31-7)32-24/h9-10,12-13,17,36H,11,14-16,18-19H2,1-6,8H3,(H,33,35). The summed E-state index contributed by atoms with van der Waals surface area (Å²) in [6.45, 7) is 20.5. The van der Waals surface area contributed by atoms with Crippen LogP contribution in [0.25, 0.3) is 10.4 Å².